The van der Waals surface area contributed by atoms with Gasteiger partial charge in [0.15, 0.2) is 0 Å². The quantitative estimate of drug-likeness (QED) is 0.852. The molecule has 2 rings (SSSR count). The van der Waals surface area contributed by atoms with Crippen LogP contribution >= 0.6 is 11.3 Å². The van der Waals surface area contributed by atoms with E-state index in [0.29, 0.717) is 6.42 Å². The van der Waals surface area contributed by atoms with Crippen LogP contribution in [0, 0.1) is 18.8 Å². The van der Waals surface area contributed by atoms with Crippen LogP contribution in [-0.4, -0.2) is 22.0 Å². The van der Waals surface area contributed by atoms with Gasteiger partial charge in [0, 0.05) is 11.1 Å². The largest absolute Gasteiger partial charge is 0.481 e. The molecule has 5 nitrogen and oxygen atoms in total. The summed E-state index contributed by atoms with van der Waals surface area (Å²) >= 11 is 1.56. The molecular formula is C12H16N2O3S. The van der Waals surface area contributed by atoms with E-state index in [-0.39, 0.29) is 17.9 Å². The van der Waals surface area contributed by atoms with Crippen LogP contribution in [-0.2, 0) is 9.59 Å². The first-order chi connectivity index (χ1) is 8.52. The molecule has 98 valence electrons. The Morgan fingerprint density at radius 2 is 2.33 bits per heavy atom. The molecule has 18 heavy (non-hydrogen) atoms. The van der Waals surface area contributed by atoms with E-state index >= 15 is 0 Å². The summed E-state index contributed by atoms with van der Waals surface area (Å²) in [6.07, 6.45) is 2.99. The lowest BCUT2D eigenvalue weighted by Crippen LogP contribution is -2.30. The number of amides is 1. The number of aliphatic carboxylic acids is 1. The SMILES string of the molecule is CC[C@H](NC(=O)[C@@H]1C[C@@H]1C(=O)O)c1ncc(C)s1. The first-order valence-electron chi connectivity index (χ1n) is 5.98. The molecule has 1 aliphatic rings. The van der Waals surface area contributed by atoms with Gasteiger partial charge in [-0.15, -0.1) is 11.3 Å². The maximum absolute atomic E-state index is 11.9. The number of carboxylic acid groups (broad SMARTS) is 1. The third-order valence-corrected chi connectivity index (χ3v) is 4.13. The fourth-order valence-electron chi connectivity index (χ4n) is 1.91. The van der Waals surface area contributed by atoms with E-state index in [4.69, 9.17) is 5.11 Å². The van der Waals surface area contributed by atoms with Crippen molar-refractivity contribution in [1.82, 2.24) is 10.3 Å². The predicted molar refractivity (Wildman–Crippen MR) is 67.3 cm³/mol. The number of aryl methyl sites for hydroxylation is 1. The molecule has 0 spiro atoms. The van der Waals surface area contributed by atoms with Gasteiger partial charge in [-0.1, -0.05) is 6.92 Å². The number of aromatic nitrogens is 1. The Labute approximate surface area is 109 Å². The molecule has 2 N–H and O–H groups in total. The molecule has 0 radical (unpaired) electrons. The Kier molecular flexibility index (Phi) is 3.65. The molecule has 0 bridgehead atoms. The normalized spacial score (nSPS) is 23.4. The Morgan fingerprint density at radius 3 is 2.78 bits per heavy atom. The van der Waals surface area contributed by atoms with Crippen LogP contribution in [0.5, 0.6) is 0 Å². The van der Waals surface area contributed by atoms with Gasteiger partial charge in [-0.3, -0.25) is 9.59 Å². The summed E-state index contributed by atoms with van der Waals surface area (Å²) in [5.41, 5.74) is 0. The minimum absolute atomic E-state index is 0.105. The third-order valence-electron chi connectivity index (χ3n) is 3.11. The van der Waals surface area contributed by atoms with E-state index in [9.17, 15) is 9.59 Å². The van der Waals surface area contributed by atoms with Crippen LogP contribution < -0.4 is 5.32 Å². The number of carbonyl (C=O) groups is 2. The van der Waals surface area contributed by atoms with Crippen molar-refractivity contribution in [2.45, 2.75) is 32.7 Å². The average Bonchev–Trinajstić information content (AvgIpc) is 3.03. The molecule has 1 heterocycles. The molecule has 1 aromatic rings. The highest BCUT2D eigenvalue weighted by atomic mass is 32.1. The molecule has 0 saturated heterocycles. The lowest BCUT2D eigenvalue weighted by molar-refractivity contribution is -0.140. The maximum atomic E-state index is 11.9. The first kappa shape index (κ1) is 13.0. The van der Waals surface area contributed by atoms with Crippen LogP contribution in [0.4, 0.5) is 0 Å². The zero-order valence-electron chi connectivity index (χ0n) is 10.3. The highest BCUT2D eigenvalue weighted by Crippen LogP contribution is 2.39. The molecule has 1 fully saturated rings. The summed E-state index contributed by atoms with van der Waals surface area (Å²) < 4.78 is 0. The molecule has 1 saturated carbocycles. The van der Waals surface area contributed by atoms with Gasteiger partial charge in [-0.05, 0) is 19.8 Å². The van der Waals surface area contributed by atoms with Gasteiger partial charge in [-0.25, -0.2) is 4.98 Å². The Hall–Kier alpha value is -1.43. The van der Waals surface area contributed by atoms with Crippen LogP contribution in [0.15, 0.2) is 6.20 Å². The topological polar surface area (TPSA) is 79.3 Å². The zero-order chi connectivity index (χ0) is 13.3. The molecule has 1 amide bonds. The second kappa shape index (κ2) is 5.06. The summed E-state index contributed by atoms with van der Waals surface area (Å²) in [5.74, 6) is -1.91. The summed E-state index contributed by atoms with van der Waals surface area (Å²) in [6.45, 7) is 3.94. The summed E-state index contributed by atoms with van der Waals surface area (Å²) in [5, 5.41) is 12.6. The lowest BCUT2D eigenvalue weighted by atomic mass is 10.2. The highest BCUT2D eigenvalue weighted by Gasteiger charge is 2.48. The number of carbonyl (C=O) groups excluding carboxylic acids is 1. The highest BCUT2D eigenvalue weighted by molar-refractivity contribution is 7.11. The summed E-state index contributed by atoms with van der Waals surface area (Å²) in [4.78, 5) is 28.0. The number of nitrogens with one attached hydrogen (secondary N) is 1. The zero-order valence-corrected chi connectivity index (χ0v) is 11.2. The van der Waals surface area contributed by atoms with Gasteiger partial charge >= 0.3 is 5.97 Å². The van der Waals surface area contributed by atoms with Gasteiger partial charge < -0.3 is 10.4 Å². The van der Waals surface area contributed by atoms with Crippen LogP contribution in [0.25, 0.3) is 0 Å². The van der Waals surface area contributed by atoms with E-state index in [0.717, 1.165) is 16.3 Å². The Morgan fingerprint density at radius 1 is 1.61 bits per heavy atom. The third kappa shape index (κ3) is 2.69. The second-order valence-corrected chi connectivity index (χ2v) is 5.83. The van der Waals surface area contributed by atoms with Gasteiger partial charge in [0.25, 0.3) is 0 Å². The minimum Gasteiger partial charge on any atom is -0.481 e. The number of hydrogen-bond acceptors (Lipinski definition) is 4. The summed E-state index contributed by atoms with van der Waals surface area (Å²) in [7, 11) is 0. The number of hydrogen-bond donors (Lipinski definition) is 2. The number of rotatable bonds is 5. The van der Waals surface area contributed by atoms with Crippen molar-refractivity contribution in [3.05, 3.63) is 16.1 Å². The van der Waals surface area contributed by atoms with Crippen LogP contribution in [0.3, 0.4) is 0 Å². The van der Waals surface area contributed by atoms with E-state index in [1.165, 1.54) is 0 Å². The minimum atomic E-state index is -0.881. The van der Waals surface area contributed by atoms with Crippen molar-refractivity contribution >= 4 is 23.2 Å². The molecule has 0 aliphatic heterocycles. The fourth-order valence-corrected chi connectivity index (χ4v) is 2.82. The van der Waals surface area contributed by atoms with Gasteiger partial charge in [0.2, 0.25) is 5.91 Å². The lowest BCUT2D eigenvalue weighted by Gasteiger charge is -2.14. The first-order valence-corrected chi connectivity index (χ1v) is 6.80. The molecule has 1 aliphatic carbocycles. The van der Waals surface area contributed by atoms with E-state index in [1.807, 2.05) is 13.8 Å². The standard InChI is InChI=1S/C12H16N2O3S/c1-3-9(11-13-5-6(2)18-11)14-10(15)7-4-8(7)12(16)17/h5,7-9H,3-4H2,1-2H3,(H,14,15)(H,16,17)/t7-,8+,9+/m1/s1. The molecule has 3 atom stereocenters. The number of nitrogens with zero attached hydrogens (tertiary/aromatic N) is 1. The van der Waals surface area contributed by atoms with Crippen molar-refractivity contribution in [2.24, 2.45) is 11.8 Å². The predicted octanol–water partition coefficient (Wildman–Crippen LogP) is 1.74. The van der Waals surface area contributed by atoms with E-state index in [1.54, 1.807) is 17.5 Å². The van der Waals surface area contributed by atoms with Crippen LogP contribution in [0.2, 0.25) is 0 Å². The van der Waals surface area contributed by atoms with E-state index in [2.05, 4.69) is 10.3 Å². The molecular weight excluding hydrogens is 252 g/mol. The molecule has 1 aromatic heterocycles. The average molecular weight is 268 g/mol. The number of carboxylic acids is 1. The van der Waals surface area contributed by atoms with Crippen LogP contribution in [0.1, 0.15) is 35.7 Å². The Balaban J connectivity index is 1.95. The van der Waals surface area contributed by atoms with Gasteiger partial charge in [0.1, 0.15) is 5.01 Å². The van der Waals surface area contributed by atoms with Crippen molar-refractivity contribution in [2.75, 3.05) is 0 Å². The second-order valence-electron chi connectivity index (χ2n) is 4.57. The molecule has 0 aromatic carbocycles. The summed E-state index contributed by atoms with van der Waals surface area (Å²) in [6, 6.07) is -0.105. The van der Waals surface area contributed by atoms with E-state index < -0.39 is 11.9 Å². The van der Waals surface area contributed by atoms with Gasteiger partial charge in [0.05, 0.1) is 17.9 Å². The number of thiazole rings is 1. The van der Waals surface area contributed by atoms with Crippen molar-refractivity contribution in [1.29, 1.82) is 0 Å². The fraction of sp³-hybridized carbons (Fsp3) is 0.583. The monoisotopic (exact) mass is 268 g/mol. The van der Waals surface area contributed by atoms with Crippen molar-refractivity contribution in [3.8, 4) is 0 Å². The molecule has 0 unspecified atom stereocenters. The van der Waals surface area contributed by atoms with Crippen molar-refractivity contribution in [3.63, 3.8) is 0 Å². The smallest absolute Gasteiger partial charge is 0.307 e. The van der Waals surface area contributed by atoms with Crippen molar-refractivity contribution < 1.29 is 14.7 Å². The molecule has 6 heteroatoms. The van der Waals surface area contributed by atoms with Gasteiger partial charge in [-0.2, -0.15) is 0 Å². The maximum Gasteiger partial charge on any atom is 0.307 e. The Bertz CT molecular complexity index is 472.